The molecule has 2 nitrogen and oxygen atoms in total. The van der Waals surface area contributed by atoms with E-state index >= 15 is 0 Å². The first-order chi connectivity index (χ1) is 8.62. The van der Waals surface area contributed by atoms with E-state index in [-0.39, 0.29) is 0 Å². The molecule has 18 heavy (non-hydrogen) atoms. The highest BCUT2D eigenvalue weighted by Crippen LogP contribution is 2.34. The Morgan fingerprint density at radius 1 is 1.17 bits per heavy atom. The minimum absolute atomic E-state index is 0.306. The van der Waals surface area contributed by atoms with Gasteiger partial charge in [-0.25, -0.2) is 0 Å². The molecule has 1 rings (SSSR count). The number of hydrogen-bond acceptors (Lipinski definition) is 2. The Labute approximate surface area is 115 Å². The molecule has 1 aliphatic rings. The summed E-state index contributed by atoms with van der Waals surface area (Å²) in [6.07, 6.45) is 8.40. The zero-order chi connectivity index (χ0) is 13.6. The van der Waals surface area contributed by atoms with Crippen LogP contribution in [0.1, 0.15) is 66.2 Å². The van der Waals surface area contributed by atoms with Crippen LogP contribution in [0.5, 0.6) is 0 Å². The molecule has 1 saturated carbocycles. The molecule has 0 aromatic rings. The average molecular weight is 254 g/mol. The molecule has 0 bridgehead atoms. The van der Waals surface area contributed by atoms with E-state index < -0.39 is 0 Å². The minimum Gasteiger partial charge on any atom is -0.315 e. The van der Waals surface area contributed by atoms with E-state index in [0.717, 1.165) is 19.0 Å². The Morgan fingerprint density at radius 3 is 2.11 bits per heavy atom. The Balaban J connectivity index is 2.73. The van der Waals surface area contributed by atoms with Crippen LogP contribution in [-0.2, 0) is 0 Å². The van der Waals surface area contributed by atoms with Gasteiger partial charge in [-0.2, -0.15) is 0 Å². The second kappa shape index (κ2) is 7.49. The van der Waals surface area contributed by atoms with Crippen molar-refractivity contribution in [3.63, 3.8) is 0 Å². The highest BCUT2D eigenvalue weighted by atomic mass is 15.2. The van der Waals surface area contributed by atoms with Crippen molar-refractivity contribution in [1.82, 2.24) is 10.2 Å². The van der Waals surface area contributed by atoms with Crippen LogP contribution >= 0.6 is 0 Å². The van der Waals surface area contributed by atoms with Crippen molar-refractivity contribution in [2.75, 3.05) is 20.1 Å². The van der Waals surface area contributed by atoms with E-state index in [1.165, 1.54) is 38.5 Å². The monoisotopic (exact) mass is 254 g/mol. The first-order valence-electron chi connectivity index (χ1n) is 8.04. The zero-order valence-electron chi connectivity index (χ0n) is 13.3. The molecule has 0 aliphatic heterocycles. The van der Waals surface area contributed by atoms with Crippen LogP contribution in [0.2, 0.25) is 0 Å². The molecule has 0 saturated heterocycles. The summed E-state index contributed by atoms with van der Waals surface area (Å²) in [5, 5.41) is 3.63. The van der Waals surface area contributed by atoms with Gasteiger partial charge in [0, 0.05) is 11.6 Å². The second-order valence-corrected chi connectivity index (χ2v) is 6.11. The summed E-state index contributed by atoms with van der Waals surface area (Å²) in [6.45, 7) is 11.7. The number of nitrogens with one attached hydrogen (secondary N) is 1. The molecule has 1 N–H and O–H groups in total. The lowest BCUT2D eigenvalue weighted by molar-refractivity contribution is 0.0632. The van der Waals surface area contributed by atoms with E-state index in [2.05, 4.69) is 45.0 Å². The Hall–Kier alpha value is -0.0800. The lowest BCUT2D eigenvalue weighted by Crippen LogP contribution is -2.59. The highest BCUT2D eigenvalue weighted by Gasteiger charge is 2.37. The fraction of sp³-hybridized carbons (Fsp3) is 1.00. The second-order valence-electron chi connectivity index (χ2n) is 6.11. The standard InChI is InChI=1S/C16H34N2/c1-6-16(4,18(7-2)8-3)15(17-5)13-14-11-9-10-12-14/h14-15,17H,6-13H2,1-5H3. The molecule has 2 atom stereocenters. The molecule has 0 radical (unpaired) electrons. The van der Waals surface area contributed by atoms with Gasteiger partial charge in [0.1, 0.15) is 0 Å². The summed E-state index contributed by atoms with van der Waals surface area (Å²) in [5.41, 5.74) is 0.306. The zero-order valence-corrected chi connectivity index (χ0v) is 13.3. The molecule has 1 aliphatic carbocycles. The predicted octanol–water partition coefficient (Wildman–Crippen LogP) is 3.67. The number of likely N-dealkylation sites (N-methyl/N-ethyl adjacent to an activating group) is 2. The van der Waals surface area contributed by atoms with Crippen LogP contribution in [0, 0.1) is 5.92 Å². The molecule has 0 amide bonds. The summed E-state index contributed by atoms with van der Waals surface area (Å²) < 4.78 is 0. The lowest BCUT2D eigenvalue weighted by Gasteiger charge is -2.46. The van der Waals surface area contributed by atoms with Crippen molar-refractivity contribution >= 4 is 0 Å². The highest BCUT2D eigenvalue weighted by molar-refractivity contribution is 4.96. The number of rotatable bonds is 8. The van der Waals surface area contributed by atoms with Gasteiger partial charge in [-0.15, -0.1) is 0 Å². The molecular formula is C16H34N2. The van der Waals surface area contributed by atoms with Gasteiger partial charge >= 0.3 is 0 Å². The Kier molecular flexibility index (Phi) is 6.65. The molecule has 0 aromatic carbocycles. The van der Waals surface area contributed by atoms with Gasteiger partial charge in [0.2, 0.25) is 0 Å². The van der Waals surface area contributed by atoms with Gasteiger partial charge in [-0.1, -0.05) is 46.5 Å². The van der Waals surface area contributed by atoms with E-state index in [1.54, 1.807) is 0 Å². The Morgan fingerprint density at radius 2 is 1.72 bits per heavy atom. The van der Waals surface area contributed by atoms with Crippen molar-refractivity contribution in [2.45, 2.75) is 77.8 Å². The van der Waals surface area contributed by atoms with Crippen LogP contribution in [0.15, 0.2) is 0 Å². The smallest absolute Gasteiger partial charge is 0.0331 e. The SMILES string of the molecule is CCN(CC)C(C)(CC)C(CC1CCCC1)NC. The lowest BCUT2D eigenvalue weighted by atomic mass is 9.81. The largest absolute Gasteiger partial charge is 0.315 e. The van der Waals surface area contributed by atoms with Crippen molar-refractivity contribution in [3.05, 3.63) is 0 Å². The van der Waals surface area contributed by atoms with Crippen LogP contribution < -0.4 is 5.32 Å². The van der Waals surface area contributed by atoms with Crippen molar-refractivity contribution < 1.29 is 0 Å². The maximum Gasteiger partial charge on any atom is 0.0331 e. The first-order valence-corrected chi connectivity index (χ1v) is 8.04. The molecule has 1 fully saturated rings. The normalized spacial score (nSPS) is 22.3. The molecule has 2 heteroatoms. The van der Waals surface area contributed by atoms with Gasteiger partial charge < -0.3 is 5.32 Å². The average Bonchev–Trinajstić information content (AvgIpc) is 2.89. The Bertz CT molecular complexity index is 219. The fourth-order valence-electron chi connectivity index (χ4n) is 3.90. The van der Waals surface area contributed by atoms with E-state index in [4.69, 9.17) is 0 Å². The van der Waals surface area contributed by atoms with Gasteiger partial charge in [0.05, 0.1) is 0 Å². The fourth-order valence-corrected chi connectivity index (χ4v) is 3.90. The maximum absolute atomic E-state index is 3.63. The van der Waals surface area contributed by atoms with Crippen molar-refractivity contribution in [1.29, 1.82) is 0 Å². The molecule has 108 valence electrons. The maximum atomic E-state index is 3.63. The number of hydrogen-bond donors (Lipinski definition) is 1. The van der Waals surface area contributed by atoms with Gasteiger partial charge in [0.15, 0.2) is 0 Å². The summed E-state index contributed by atoms with van der Waals surface area (Å²) in [4.78, 5) is 2.64. The van der Waals surface area contributed by atoms with E-state index in [0.29, 0.717) is 11.6 Å². The molecule has 0 spiro atoms. The van der Waals surface area contributed by atoms with E-state index in [9.17, 15) is 0 Å². The van der Waals surface area contributed by atoms with E-state index in [1.807, 2.05) is 0 Å². The van der Waals surface area contributed by atoms with Gasteiger partial charge in [0.25, 0.3) is 0 Å². The molecule has 0 heterocycles. The summed E-state index contributed by atoms with van der Waals surface area (Å²) in [7, 11) is 2.15. The quantitative estimate of drug-likeness (QED) is 0.711. The minimum atomic E-state index is 0.306. The van der Waals surface area contributed by atoms with Crippen LogP contribution in [0.25, 0.3) is 0 Å². The van der Waals surface area contributed by atoms with Gasteiger partial charge in [-0.05, 0) is 45.8 Å². The van der Waals surface area contributed by atoms with Crippen LogP contribution in [-0.4, -0.2) is 36.6 Å². The van der Waals surface area contributed by atoms with Crippen molar-refractivity contribution in [2.24, 2.45) is 5.92 Å². The third-order valence-corrected chi connectivity index (χ3v) is 5.34. The topological polar surface area (TPSA) is 15.3 Å². The third kappa shape index (κ3) is 3.48. The molecule has 2 unspecified atom stereocenters. The van der Waals surface area contributed by atoms with Crippen molar-refractivity contribution in [3.8, 4) is 0 Å². The van der Waals surface area contributed by atoms with Gasteiger partial charge in [-0.3, -0.25) is 4.90 Å². The summed E-state index contributed by atoms with van der Waals surface area (Å²) >= 11 is 0. The van der Waals surface area contributed by atoms with Crippen LogP contribution in [0.3, 0.4) is 0 Å². The third-order valence-electron chi connectivity index (χ3n) is 5.34. The predicted molar refractivity (Wildman–Crippen MR) is 81.0 cm³/mol. The number of nitrogens with zero attached hydrogens (tertiary/aromatic N) is 1. The molecule has 0 aromatic heterocycles. The summed E-state index contributed by atoms with van der Waals surface area (Å²) in [5.74, 6) is 0.962. The first kappa shape index (κ1) is 16.0. The molecular weight excluding hydrogens is 220 g/mol. The summed E-state index contributed by atoms with van der Waals surface area (Å²) in [6, 6.07) is 0.630. The van der Waals surface area contributed by atoms with Crippen LogP contribution in [0.4, 0.5) is 0 Å².